The first kappa shape index (κ1) is 12.8. The van der Waals surface area contributed by atoms with Gasteiger partial charge in [-0.1, -0.05) is 32.0 Å². The lowest BCUT2D eigenvalue weighted by Crippen LogP contribution is -2.41. The Bertz CT molecular complexity index is 619. The van der Waals surface area contributed by atoms with Gasteiger partial charge in [-0.25, -0.2) is 5.43 Å². The van der Waals surface area contributed by atoms with Crippen molar-refractivity contribution in [1.82, 2.24) is 5.43 Å². The number of carbonyl (C=O) groups excluding carboxylic acids is 2. The molecule has 1 N–H and O–H groups in total. The van der Waals surface area contributed by atoms with Gasteiger partial charge in [0, 0.05) is 30.5 Å². The first-order valence-corrected chi connectivity index (χ1v) is 6.76. The highest BCUT2D eigenvalue weighted by molar-refractivity contribution is 6.44. The Morgan fingerprint density at radius 3 is 2.75 bits per heavy atom. The van der Waals surface area contributed by atoms with Gasteiger partial charge in [-0.05, 0) is 11.6 Å². The standard InChI is InChI=1S/C15H17N3O2/c1-15(2)9-18(12-6-4-3-5-10(12)15)14(20)11-7-8-13(19)17-16-11/h3-6H,7-9H2,1-2H3,(H,17,19). The fourth-order valence-corrected chi connectivity index (χ4v) is 2.81. The zero-order valence-corrected chi connectivity index (χ0v) is 11.6. The van der Waals surface area contributed by atoms with Gasteiger partial charge < -0.3 is 4.90 Å². The van der Waals surface area contributed by atoms with E-state index in [1.165, 1.54) is 5.56 Å². The van der Waals surface area contributed by atoms with Crippen LogP contribution in [0.2, 0.25) is 0 Å². The largest absolute Gasteiger partial charge is 0.306 e. The molecular weight excluding hydrogens is 254 g/mol. The summed E-state index contributed by atoms with van der Waals surface area (Å²) in [4.78, 5) is 25.5. The van der Waals surface area contributed by atoms with Crippen LogP contribution in [-0.2, 0) is 15.0 Å². The second kappa shape index (κ2) is 4.44. The van der Waals surface area contributed by atoms with Gasteiger partial charge in [0.1, 0.15) is 5.71 Å². The van der Waals surface area contributed by atoms with E-state index in [1.807, 2.05) is 18.2 Å². The summed E-state index contributed by atoms with van der Waals surface area (Å²) in [6.45, 7) is 4.89. The van der Waals surface area contributed by atoms with Gasteiger partial charge in [-0.3, -0.25) is 9.59 Å². The van der Waals surface area contributed by atoms with Crippen LogP contribution in [0.25, 0.3) is 0 Å². The molecule has 0 bridgehead atoms. The Morgan fingerprint density at radius 1 is 1.30 bits per heavy atom. The highest BCUT2D eigenvalue weighted by atomic mass is 16.2. The monoisotopic (exact) mass is 271 g/mol. The Labute approximate surface area is 117 Å². The number of hydrazone groups is 1. The maximum Gasteiger partial charge on any atom is 0.274 e. The van der Waals surface area contributed by atoms with Crippen LogP contribution in [0.4, 0.5) is 5.69 Å². The number of anilines is 1. The van der Waals surface area contributed by atoms with E-state index in [1.54, 1.807) is 4.90 Å². The minimum atomic E-state index is -0.135. The lowest BCUT2D eigenvalue weighted by molar-refractivity contribution is -0.121. The Morgan fingerprint density at radius 2 is 2.05 bits per heavy atom. The van der Waals surface area contributed by atoms with Crippen LogP contribution in [0.5, 0.6) is 0 Å². The lowest BCUT2D eigenvalue weighted by atomic mass is 9.87. The Kier molecular flexibility index (Phi) is 2.85. The number of carbonyl (C=O) groups is 2. The van der Waals surface area contributed by atoms with Crippen LogP contribution in [-0.4, -0.2) is 24.1 Å². The van der Waals surface area contributed by atoms with E-state index in [2.05, 4.69) is 30.4 Å². The van der Waals surface area contributed by atoms with Crippen molar-refractivity contribution in [1.29, 1.82) is 0 Å². The Balaban J connectivity index is 1.93. The number of hydrogen-bond donors (Lipinski definition) is 1. The van der Waals surface area contributed by atoms with Crippen molar-refractivity contribution in [2.24, 2.45) is 5.10 Å². The summed E-state index contributed by atoms with van der Waals surface area (Å²) >= 11 is 0. The molecule has 3 rings (SSSR count). The molecule has 0 radical (unpaired) electrons. The number of rotatable bonds is 1. The second-order valence-electron chi connectivity index (χ2n) is 5.89. The number of nitrogens with zero attached hydrogens (tertiary/aromatic N) is 2. The molecule has 5 heteroatoms. The van der Waals surface area contributed by atoms with Crippen molar-refractivity contribution in [3.05, 3.63) is 29.8 Å². The maximum absolute atomic E-state index is 12.6. The third-order valence-electron chi connectivity index (χ3n) is 3.87. The average Bonchev–Trinajstić information content (AvgIpc) is 2.72. The molecule has 2 amide bonds. The number of hydrogen-bond acceptors (Lipinski definition) is 3. The minimum Gasteiger partial charge on any atom is -0.306 e. The summed E-state index contributed by atoms with van der Waals surface area (Å²) in [5, 5.41) is 3.90. The molecule has 0 unspecified atom stereocenters. The Hall–Kier alpha value is -2.17. The summed E-state index contributed by atoms with van der Waals surface area (Å²) in [5.41, 5.74) is 4.87. The van der Waals surface area contributed by atoms with Crippen molar-refractivity contribution in [3.8, 4) is 0 Å². The third kappa shape index (κ3) is 1.99. The molecule has 2 heterocycles. The maximum atomic E-state index is 12.6. The molecule has 1 aromatic rings. The second-order valence-corrected chi connectivity index (χ2v) is 5.89. The SMILES string of the molecule is CC1(C)CN(C(=O)C2=NNC(=O)CC2)c2ccccc21. The van der Waals surface area contributed by atoms with Crippen LogP contribution in [0, 0.1) is 0 Å². The molecule has 20 heavy (non-hydrogen) atoms. The van der Waals surface area contributed by atoms with Gasteiger partial charge in [-0.15, -0.1) is 0 Å². The van der Waals surface area contributed by atoms with Gasteiger partial charge in [0.25, 0.3) is 5.91 Å². The van der Waals surface area contributed by atoms with Gasteiger partial charge in [-0.2, -0.15) is 5.10 Å². The van der Waals surface area contributed by atoms with E-state index >= 15 is 0 Å². The summed E-state index contributed by atoms with van der Waals surface area (Å²) in [5.74, 6) is -0.244. The number of nitrogens with one attached hydrogen (secondary N) is 1. The van der Waals surface area contributed by atoms with Gasteiger partial charge >= 0.3 is 0 Å². The molecular formula is C15H17N3O2. The molecule has 2 aliphatic heterocycles. The highest BCUT2D eigenvalue weighted by Crippen LogP contribution is 2.40. The van der Waals surface area contributed by atoms with E-state index in [0.29, 0.717) is 25.1 Å². The topological polar surface area (TPSA) is 61.8 Å². The van der Waals surface area contributed by atoms with E-state index in [9.17, 15) is 9.59 Å². The normalized spacial score (nSPS) is 20.2. The summed E-state index contributed by atoms with van der Waals surface area (Å²) < 4.78 is 0. The molecule has 0 saturated heterocycles. The number of fused-ring (bicyclic) bond motifs is 1. The summed E-state index contributed by atoms with van der Waals surface area (Å²) in [6.07, 6.45) is 0.729. The first-order valence-electron chi connectivity index (χ1n) is 6.76. The van der Waals surface area contributed by atoms with Crippen LogP contribution in [0.1, 0.15) is 32.3 Å². The molecule has 0 spiro atoms. The molecule has 0 aromatic heterocycles. The van der Waals surface area contributed by atoms with Gasteiger partial charge in [0.05, 0.1) is 0 Å². The fraction of sp³-hybridized carbons (Fsp3) is 0.400. The number of benzene rings is 1. The van der Waals surface area contributed by atoms with E-state index in [0.717, 1.165) is 5.69 Å². The highest BCUT2D eigenvalue weighted by Gasteiger charge is 2.39. The number of para-hydroxylation sites is 1. The molecule has 0 fully saturated rings. The van der Waals surface area contributed by atoms with E-state index in [-0.39, 0.29) is 17.2 Å². The van der Waals surface area contributed by atoms with Crippen molar-refractivity contribution in [3.63, 3.8) is 0 Å². The van der Waals surface area contributed by atoms with Crippen LogP contribution in [0.3, 0.4) is 0 Å². The van der Waals surface area contributed by atoms with E-state index < -0.39 is 0 Å². The zero-order chi connectivity index (χ0) is 14.3. The molecule has 0 saturated carbocycles. The smallest absolute Gasteiger partial charge is 0.274 e. The summed E-state index contributed by atoms with van der Waals surface area (Å²) in [7, 11) is 0. The molecule has 1 aromatic carbocycles. The average molecular weight is 271 g/mol. The summed E-state index contributed by atoms with van der Waals surface area (Å²) in [6, 6.07) is 7.95. The molecule has 5 nitrogen and oxygen atoms in total. The van der Waals surface area contributed by atoms with Crippen LogP contribution >= 0.6 is 0 Å². The lowest BCUT2D eigenvalue weighted by Gasteiger charge is -2.22. The fourth-order valence-electron chi connectivity index (χ4n) is 2.81. The van der Waals surface area contributed by atoms with E-state index in [4.69, 9.17) is 0 Å². The van der Waals surface area contributed by atoms with Gasteiger partial charge in [0.2, 0.25) is 5.91 Å². The van der Waals surface area contributed by atoms with Gasteiger partial charge in [0.15, 0.2) is 0 Å². The van der Waals surface area contributed by atoms with Crippen molar-refractivity contribution < 1.29 is 9.59 Å². The molecule has 0 atom stereocenters. The van der Waals surface area contributed by atoms with Crippen molar-refractivity contribution >= 4 is 23.2 Å². The van der Waals surface area contributed by atoms with Crippen molar-refractivity contribution in [2.75, 3.05) is 11.4 Å². The van der Waals surface area contributed by atoms with Crippen LogP contribution < -0.4 is 10.3 Å². The molecule has 104 valence electrons. The third-order valence-corrected chi connectivity index (χ3v) is 3.87. The molecule has 2 aliphatic rings. The zero-order valence-electron chi connectivity index (χ0n) is 11.6. The predicted molar refractivity (Wildman–Crippen MR) is 76.6 cm³/mol. The quantitative estimate of drug-likeness (QED) is 0.843. The van der Waals surface area contributed by atoms with Crippen molar-refractivity contribution in [2.45, 2.75) is 32.1 Å². The first-order chi connectivity index (χ1) is 9.49. The molecule has 0 aliphatic carbocycles. The minimum absolute atomic E-state index is 0.0648. The van der Waals surface area contributed by atoms with Crippen LogP contribution in [0.15, 0.2) is 29.4 Å². The predicted octanol–water partition coefficient (Wildman–Crippen LogP) is 1.58. The number of amides is 2.